The van der Waals surface area contributed by atoms with Crippen molar-refractivity contribution in [1.29, 1.82) is 0 Å². The zero-order valence-corrected chi connectivity index (χ0v) is 18.4. The zero-order valence-electron chi connectivity index (χ0n) is 16.8. The summed E-state index contributed by atoms with van der Waals surface area (Å²) in [7, 11) is 0. The van der Waals surface area contributed by atoms with Crippen LogP contribution >= 0.6 is 15.9 Å². The number of hydrogen-bond donors (Lipinski definition) is 0. The normalized spacial score (nSPS) is 23.5. The molecule has 2 aromatic carbocycles. The van der Waals surface area contributed by atoms with Crippen LogP contribution in [-0.2, 0) is 17.1 Å². The van der Waals surface area contributed by atoms with E-state index in [-0.39, 0.29) is 29.6 Å². The highest BCUT2D eigenvalue weighted by molar-refractivity contribution is 9.09. The molecule has 1 fully saturated rings. The minimum atomic E-state index is -4.88. The Kier molecular flexibility index (Phi) is 7.41. The number of ether oxygens (including phenoxy) is 1. The molecule has 0 N–H and O–H groups in total. The van der Waals surface area contributed by atoms with Gasteiger partial charge in [-0.05, 0) is 55.0 Å². The van der Waals surface area contributed by atoms with Crippen LogP contribution in [0, 0.1) is 5.92 Å². The second kappa shape index (κ2) is 9.53. The number of halogens is 7. The van der Waals surface area contributed by atoms with Crippen molar-refractivity contribution in [3.05, 3.63) is 70.8 Å². The first-order valence-electron chi connectivity index (χ1n) is 10.1. The van der Waals surface area contributed by atoms with Crippen molar-refractivity contribution in [2.24, 2.45) is 5.92 Å². The van der Waals surface area contributed by atoms with Crippen LogP contribution in [-0.4, -0.2) is 11.4 Å². The van der Waals surface area contributed by atoms with Crippen LogP contribution in [0.4, 0.5) is 26.3 Å². The minimum absolute atomic E-state index is 0.00432. The quantitative estimate of drug-likeness (QED) is 0.292. The van der Waals surface area contributed by atoms with E-state index in [0.29, 0.717) is 6.42 Å². The fraction of sp³-hybridized carbons (Fsp3) is 0.478. The van der Waals surface area contributed by atoms with E-state index in [9.17, 15) is 26.3 Å². The third-order valence-electron chi connectivity index (χ3n) is 5.81. The molecule has 0 radical (unpaired) electrons. The van der Waals surface area contributed by atoms with Crippen LogP contribution in [0.5, 0.6) is 0 Å². The Labute approximate surface area is 185 Å². The van der Waals surface area contributed by atoms with Crippen molar-refractivity contribution in [2.45, 2.75) is 56.7 Å². The molecule has 1 unspecified atom stereocenters. The Morgan fingerprint density at radius 3 is 2.03 bits per heavy atom. The van der Waals surface area contributed by atoms with Gasteiger partial charge in [0.2, 0.25) is 0 Å². The lowest BCUT2D eigenvalue weighted by Gasteiger charge is -2.39. The van der Waals surface area contributed by atoms with Gasteiger partial charge in [0, 0.05) is 11.2 Å². The van der Waals surface area contributed by atoms with E-state index in [0.717, 1.165) is 35.9 Å². The van der Waals surface area contributed by atoms with E-state index in [1.54, 1.807) is 0 Å². The highest BCUT2D eigenvalue weighted by Gasteiger charge is 2.39. The molecule has 1 aliphatic rings. The van der Waals surface area contributed by atoms with Crippen molar-refractivity contribution in [3.63, 3.8) is 0 Å². The van der Waals surface area contributed by atoms with Gasteiger partial charge in [-0.2, -0.15) is 26.3 Å². The van der Waals surface area contributed by atoms with Crippen molar-refractivity contribution in [3.8, 4) is 0 Å². The van der Waals surface area contributed by atoms with Gasteiger partial charge in [0.1, 0.15) is 0 Å². The van der Waals surface area contributed by atoms with Gasteiger partial charge in [0.05, 0.1) is 23.3 Å². The molecule has 4 atom stereocenters. The number of alkyl halides is 7. The predicted octanol–water partition coefficient (Wildman–Crippen LogP) is 8.15. The van der Waals surface area contributed by atoms with Crippen LogP contribution in [0.1, 0.15) is 60.5 Å². The molecule has 8 heteroatoms. The number of hydrogen-bond acceptors (Lipinski definition) is 1. The van der Waals surface area contributed by atoms with Crippen molar-refractivity contribution < 1.29 is 31.1 Å². The Morgan fingerprint density at radius 1 is 0.935 bits per heavy atom. The Morgan fingerprint density at radius 2 is 1.52 bits per heavy atom. The van der Waals surface area contributed by atoms with Gasteiger partial charge in [-0.25, -0.2) is 0 Å². The summed E-state index contributed by atoms with van der Waals surface area (Å²) in [5.74, 6) is 0.269. The summed E-state index contributed by atoms with van der Waals surface area (Å²) >= 11 is 3.54. The standard InChI is InChI=1S/C23H23BrF6O/c1-14(17-10-18(22(25,26)27)12-19(11-17)23(28,29)30)31-20-9-5-8-16(13-24)21(20)15-6-3-2-4-7-15/h2-4,6-7,10-12,14,16,20-21H,5,8-9,13H2,1H3/t14?,16-,20+,21-/m1/s1. The van der Waals surface area contributed by atoms with Crippen LogP contribution < -0.4 is 0 Å². The summed E-state index contributed by atoms with van der Waals surface area (Å²) in [5.41, 5.74) is -1.72. The lowest BCUT2D eigenvalue weighted by molar-refractivity contribution is -0.143. The summed E-state index contributed by atoms with van der Waals surface area (Å²) in [5, 5.41) is 0.739. The topological polar surface area (TPSA) is 9.23 Å². The highest BCUT2D eigenvalue weighted by Crippen LogP contribution is 2.43. The van der Waals surface area contributed by atoms with Crippen LogP contribution in [0.15, 0.2) is 48.5 Å². The largest absolute Gasteiger partial charge is 0.416 e. The second-order valence-electron chi connectivity index (χ2n) is 7.94. The zero-order chi connectivity index (χ0) is 22.8. The molecule has 0 spiro atoms. The van der Waals surface area contributed by atoms with Crippen molar-refractivity contribution >= 4 is 15.9 Å². The van der Waals surface area contributed by atoms with Gasteiger partial charge < -0.3 is 4.74 Å². The van der Waals surface area contributed by atoms with Crippen LogP contribution in [0.2, 0.25) is 0 Å². The molecule has 1 aliphatic carbocycles. The number of rotatable bonds is 5. The Bertz CT molecular complexity index is 832. The van der Waals surface area contributed by atoms with E-state index in [1.165, 1.54) is 6.92 Å². The van der Waals surface area contributed by atoms with Gasteiger partial charge in [-0.3, -0.25) is 0 Å². The van der Waals surface area contributed by atoms with Gasteiger partial charge in [0.15, 0.2) is 0 Å². The molecule has 170 valence electrons. The van der Waals surface area contributed by atoms with Gasteiger partial charge >= 0.3 is 12.4 Å². The van der Waals surface area contributed by atoms with E-state index in [4.69, 9.17) is 4.74 Å². The third-order valence-corrected chi connectivity index (χ3v) is 6.64. The molecule has 31 heavy (non-hydrogen) atoms. The first kappa shape index (κ1) is 24.1. The molecule has 0 amide bonds. The maximum Gasteiger partial charge on any atom is 0.416 e. The van der Waals surface area contributed by atoms with Crippen LogP contribution in [0.25, 0.3) is 0 Å². The van der Waals surface area contributed by atoms with Gasteiger partial charge in [-0.1, -0.05) is 52.7 Å². The van der Waals surface area contributed by atoms with Crippen molar-refractivity contribution in [2.75, 3.05) is 5.33 Å². The third kappa shape index (κ3) is 5.83. The summed E-state index contributed by atoms with van der Waals surface area (Å²) in [4.78, 5) is 0. The molecular formula is C23H23BrF6O. The average molecular weight is 509 g/mol. The Balaban J connectivity index is 1.92. The molecule has 0 aromatic heterocycles. The first-order valence-corrected chi connectivity index (χ1v) is 11.2. The minimum Gasteiger partial charge on any atom is -0.370 e. The lowest BCUT2D eigenvalue weighted by Crippen LogP contribution is -2.34. The monoisotopic (exact) mass is 508 g/mol. The first-order chi connectivity index (χ1) is 14.5. The molecule has 3 rings (SSSR count). The van der Waals surface area contributed by atoms with E-state index >= 15 is 0 Å². The molecule has 0 saturated heterocycles. The molecule has 0 bridgehead atoms. The summed E-state index contributed by atoms with van der Waals surface area (Å²) in [6.45, 7) is 1.51. The molecule has 1 saturated carbocycles. The fourth-order valence-electron chi connectivity index (χ4n) is 4.29. The van der Waals surface area contributed by atoms with E-state index < -0.39 is 29.6 Å². The second-order valence-corrected chi connectivity index (χ2v) is 8.59. The summed E-state index contributed by atoms with van der Waals surface area (Å²) < 4.78 is 85.5. The maximum absolute atomic E-state index is 13.2. The van der Waals surface area contributed by atoms with Gasteiger partial charge in [0.25, 0.3) is 0 Å². The molecule has 2 aromatic rings. The van der Waals surface area contributed by atoms with E-state index in [2.05, 4.69) is 15.9 Å². The Hall–Kier alpha value is -1.54. The maximum atomic E-state index is 13.2. The van der Waals surface area contributed by atoms with Crippen LogP contribution in [0.3, 0.4) is 0 Å². The summed E-state index contributed by atoms with van der Waals surface area (Å²) in [6.07, 6.45) is -8.44. The summed E-state index contributed by atoms with van der Waals surface area (Å²) in [6, 6.07) is 11.3. The molecular weight excluding hydrogens is 486 g/mol. The predicted molar refractivity (Wildman–Crippen MR) is 110 cm³/mol. The smallest absolute Gasteiger partial charge is 0.370 e. The van der Waals surface area contributed by atoms with Gasteiger partial charge in [-0.15, -0.1) is 0 Å². The molecule has 1 nitrogen and oxygen atoms in total. The number of benzene rings is 2. The fourth-order valence-corrected chi connectivity index (χ4v) is 5.01. The highest BCUT2D eigenvalue weighted by atomic mass is 79.9. The molecule has 0 aliphatic heterocycles. The van der Waals surface area contributed by atoms with E-state index in [1.807, 2.05) is 30.3 Å². The van der Waals surface area contributed by atoms with Crippen molar-refractivity contribution in [1.82, 2.24) is 0 Å². The SMILES string of the molecule is CC(O[C@H]1CCC[C@H](CBr)[C@H]1c1ccccc1)c1cc(C(F)(F)F)cc(C(F)(F)F)c1. The molecule has 0 heterocycles. The lowest BCUT2D eigenvalue weighted by atomic mass is 9.74. The average Bonchev–Trinajstić information content (AvgIpc) is 2.72.